The van der Waals surface area contributed by atoms with Crippen molar-refractivity contribution in [1.82, 2.24) is 0 Å². The molecule has 0 amide bonds. The van der Waals surface area contributed by atoms with E-state index in [0.29, 0.717) is 12.0 Å². The topological polar surface area (TPSA) is 38.4 Å². The molecule has 2 unspecified atom stereocenters. The van der Waals surface area contributed by atoms with Crippen LogP contribution in [0, 0.1) is 11.8 Å². The summed E-state index contributed by atoms with van der Waals surface area (Å²) in [5, 5.41) is 0. The van der Waals surface area contributed by atoms with Gasteiger partial charge in [0.1, 0.15) is 0 Å². The monoisotopic (exact) mass is 194 g/mol. The van der Waals surface area contributed by atoms with Crippen molar-refractivity contribution in [2.45, 2.75) is 57.9 Å². The predicted molar refractivity (Wildman–Crippen MR) is 60.4 cm³/mol. The molecule has 0 aromatic rings. The summed E-state index contributed by atoms with van der Waals surface area (Å²) in [4.78, 5) is 4.58. The van der Waals surface area contributed by atoms with Gasteiger partial charge in [-0.2, -0.15) is 0 Å². The quantitative estimate of drug-likeness (QED) is 0.544. The van der Waals surface area contributed by atoms with Crippen LogP contribution < -0.4 is 5.73 Å². The van der Waals surface area contributed by atoms with Crippen LogP contribution in [0.4, 0.5) is 0 Å². The summed E-state index contributed by atoms with van der Waals surface area (Å²) < 4.78 is 0. The molecular weight excluding hydrogens is 172 g/mol. The molecule has 2 atom stereocenters. The average molecular weight is 194 g/mol. The van der Waals surface area contributed by atoms with Gasteiger partial charge in [0.25, 0.3) is 0 Å². The van der Waals surface area contributed by atoms with Gasteiger partial charge in [-0.15, -0.1) is 0 Å². The first-order valence-electron chi connectivity index (χ1n) is 6.12. The fourth-order valence-corrected chi connectivity index (χ4v) is 2.45. The van der Waals surface area contributed by atoms with E-state index < -0.39 is 0 Å². The van der Waals surface area contributed by atoms with Crippen LogP contribution in [0.3, 0.4) is 0 Å². The number of amidine groups is 1. The summed E-state index contributed by atoms with van der Waals surface area (Å²) in [6.45, 7) is 2.29. The summed E-state index contributed by atoms with van der Waals surface area (Å²) in [6, 6.07) is 0.594. The molecule has 0 aromatic carbocycles. The second kappa shape index (κ2) is 4.33. The lowest BCUT2D eigenvalue weighted by Crippen LogP contribution is -2.29. The van der Waals surface area contributed by atoms with E-state index in [1.165, 1.54) is 44.9 Å². The fraction of sp³-hybridized carbons (Fsp3) is 0.917. The minimum Gasteiger partial charge on any atom is -0.387 e. The molecule has 0 heterocycles. The van der Waals surface area contributed by atoms with Crippen molar-refractivity contribution in [1.29, 1.82) is 0 Å². The number of nitrogens with two attached hydrogens (primary N) is 1. The molecule has 2 saturated carbocycles. The van der Waals surface area contributed by atoms with Gasteiger partial charge in [0.05, 0.1) is 11.9 Å². The first-order chi connectivity index (χ1) is 6.79. The SMILES string of the molecule is CCC1CCCC(C(N)=NC2CC2)C1. The number of hydrogen-bond donors (Lipinski definition) is 1. The van der Waals surface area contributed by atoms with Crippen molar-refractivity contribution in [3.63, 3.8) is 0 Å². The minimum atomic E-state index is 0.594. The zero-order valence-electron chi connectivity index (χ0n) is 9.21. The van der Waals surface area contributed by atoms with Crippen LogP contribution in [0.2, 0.25) is 0 Å². The van der Waals surface area contributed by atoms with Crippen molar-refractivity contribution in [2.24, 2.45) is 22.6 Å². The smallest absolute Gasteiger partial charge is 0.0971 e. The molecule has 2 fully saturated rings. The molecule has 0 spiro atoms. The number of aliphatic imine (C=N–C) groups is 1. The lowest BCUT2D eigenvalue weighted by molar-refractivity contribution is 0.309. The van der Waals surface area contributed by atoms with Crippen LogP contribution in [0.25, 0.3) is 0 Å². The predicted octanol–water partition coefficient (Wildman–Crippen LogP) is 2.72. The Labute approximate surface area is 87.0 Å². The van der Waals surface area contributed by atoms with Crippen molar-refractivity contribution < 1.29 is 0 Å². The highest BCUT2D eigenvalue weighted by Crippen LogP contribution is 2.32. The van der Waals surface area contributed by atoms with E-state index in [9.17, 15) is 0 Å². The van der Waals surface area contributed by atoms with Crippen LogP contribution in [-0.2, 0) is 0 Å². The Bertz CT molecular complexity index is 218. The summed E-state index contributed by atoms with van der Waals surface area (Å²) in [5.41, 5.74) is 6.06. The first-order valence-corrected chi connectivity index (χ1v) is 6.12. The van der Waals surface area contributed by atoms with Crippen molar-refractivity contribution in [3.05, 3.63) is 0 Å². The Morgan fingerprint density at radius 3 is 2.71 bits per heavy atom. The standard InChI is InChI=1S/C12H22N2/c1-2-9-4-3-5-10(8-9)12(13)14-11-6-7-11/h9-11H,2-8H2,1H3,(H2,13,14). The highest BCUT2D eigenvalue weighted by Gasteiger charge is 2.26. The zero-order chi connectivity index (χ0) is 9.97. The van der Waals surface area contributed by atoms with Crippen LogP contribution in [0.1, 0.15) is 51.9 Å². The van der Waals surface area contributed by atoms with Crippen LogP contribution >= 0.6 is 0 Å². The maximum atomic E-state index is 6.06. The molecule has 2 heteroatoms. The Morgan fingerprint density at radius 2 is 2.07 bits per heavy atom. The minimum absolute atomic E-state index is 0.594. The van der Waals surface area contributed by atoms with Crippen LogP contribution in [0.5, 0.6) is 0 Å². The van der Waals surface area contributed by atoms with Gasteiger partial charge in [0, 0.05) is 5.92 Å². The van der Waals surface area contributed by atoms with Gasteiger partial charge < -0.3 is 5.73 Å². The van der Waals surface area contributed by atoms with E-state index in [0.717, 1.165) is 11.8 Å². The van der Waals surface area contributed by atoms with Crippen LogP contribution in [-0.4, -0.2) is 11.9 Å². The molecule has 80 valence electrons. The van der Waals surface area contributed by atoms with Gasteiger partial charge in [-0.25, -0.2) is 0 Å². The largest absolute Gasteiger partial charge is 0.387 e. The lowest BCUT2D eigenvalue weighted by Gasteiger charge is -2.28. The van der Waals surface area contributed by atoms with Gasteiger partial charge in [0.15, 0.2) is 0 Å². The third-order valence-corrected chi connectivity index (χ3v) is 3.66. The molecule has 2 aliphatic rings. The Hall–Kier alpha value is -0.530. The Balaban J connectivity index is 1.89. The zero-order valence-corrected chi connectivity index (χ0v) is 9.21. The number of hydrogen-bond acceptors (Lipinski definition) is 1. The van der Waals surface area contributed by atoms with E-state index in [-0.39, 0.29) is 0 Å². The van der Waals surface area contributed by atoms with Crippen LogP contribution in [0.15, 0.2) is 4.99 Å². The molecule has 2 N–H and O–H groups in total. The fourth-order valence-electron chi connectivity index (χ4n) is 2.45. The van der Waals surface area contributed by atoms with E-state index in [1.54, 1.807) is 0 Å². The average Bonchev–Trinajstić information content (AvgIpc) is 3.02. The van der Waals surface area contributed by atoms with Gasteiger partial charge in [0.2, 0.25) is 0 Å². The van der Waals surface area contributed by atoms with Crippen molar-refractivity contribution in [3.8, 4) is 0 Å². The first kappa shape index (κ1) is 10.0. The molecule has 0 radical (unpaired) electrons. The molecule has 0 bridgehead atoms. The van der Waals surface area contributed by atoms with Crippen molar-refractivity contribution in [2.75, 3.05) is 0 Å². The summed E-state index contributed by atoms with van der Waals surface area (Å²) >= 11 is 0. The van der Waals surface area contributed by atoms with E-state index in [1.807, 2.05) is 0 Å². The second-order valence-corrected chi connectivity index (χ2v) is 4.92. The van der Waals surface area contributed by atoms with E-state index in [4.69, 9.17) is 5.73 Å². The van der Waals surface area contributed by atoms with Gasteiger partial charge in [-0.1, -0.05) is 26.2 Å². The molecular formula is C12H22N2. The second-order valence-electron chi connectivity index (χ2n) is 4.92. The van der Waals surface area contributed by atoms with E-state index in [2.05, 4.69) is 11.9 Å². The Kier molecular flexibility index (Phi) is 3.09. The number of rotatable bonds is 3. The maximum absolute atomic E-state index is 6.06. The third-order valence-electron chi connectivity index (χ3n) is 3.66. The van der Waals surface area contributed by atoms with Gasteiger partial charge in [-0.05, 0) is 31.6 Å². The number of nitrogens with zero attached hydrogens (tertiary/aromatic N) is 1. The molecule has 0 aliphatic heterocycles. The molecule has 14 heavy (non-hydrogen) atoms. The lowest BCUT2D eigenvalue weighted by atomic mass is 9.80. The maximum Gasteiger partial charge on any atom is 0.0971 e. The molecule has 2 aliphatic carbocycles. The summed E-state index contributed by atoms with van der Waals surface area (Å²) in [5.74, 6) is 2.47. The van der Waals surface area contributed by atoms with Gasteiger partial charge >= 0.3 is 0 Å². The highest BCUT2D eigenvalue weighted by atomic mass is 14.9. The van der Waals surface area contributed by atoms with Gasteiger partial charge in [-0.3, -0.25) is 4.99 Å². The molecule has 0 aromatic heterocycles. The Morgan fingerprint density at radius 1 is 1.29 bits per heavy atom. The molecule has 0 saturated heterocycles. The van der Waals surface area contributed by atoms with E-state index >= 15 is 0 Å². The van der Waals surface area contributed by atoms with Crippen molar-refractivity contribution >= 4 is 5.84 Å². The summed E-state index contributed by atoms with van der Waals surface area (Å²) in [6.07, 6.45) is 9.17. The molecule has 2 rings (SSSR count). The summed E-state index contributed by atoms with van der Waals surface area (Å²) in [7, 11) is 0. The third kappa shape index (κ3) is 2.49. The normalized spacial score (nSPS) is 34.5. The molecule has 2 nitrogen and oxygen atoms in total. The highest BCUT2D eigenvalue weighted by molar-refractivity contribution is 5.83.